The molecule has 2 heterocycles. The lowest BCUT2D eigenvalue weighted by Gasteiger charge is -2.08. The van der Waals surface area contributed by atoms with E-state index in [0.29, 0.717) is 27.9 Å². The molecule has 1 aliphatic carbocycles. The molecule has 1 aliphatic rings. The van der Waals surface area contributed by atoms with Crippen molar-refractivity contribution in [1.29, 1.82) is 0 Å². The highest BCUT2D eigenvalue weighted by Gasteiger charge is 2.33. The van der Waals surface area contributed by atoms with E-state index in [2.05, 4.69) is 20.6 Å². The van der Waals surface area contributed by atoms with Crippen LogP contribution in [0.2, 0.25) is 0 Å². The molecule has 2 aromatic carbocycles. The lowest BCUT2D eigenvalue weighted by Crippen LogP contribution is -2.20. The Morgan fingerprint density at radius 3 is 2.53 bits per heavy atom. The van der Waals surface area contributed by atoms with Gasteiger partial charge >= 0.3 is 0 Å². The van der Waals surface area contributed by atoms with Gasteiger partial charge < -0.3 is 5.32 Å². The van der Waals surface area contributed by atoms with Gasteiger partial charge in [0.05, 0.1) is 21.8 Å². The number of benzene rings is 2. The Morgan fingerprint density at radius 1 is 0.967 bits per heavy atom. The largest absolute Gasteiger partial charge is 0.301 e. The lowest BCUT2D eigenvalue weighted by atomic mass is 10.1. The van der Waals surface area contributed by atoms with Gasteiger partial charge in [0.15, 0.2) is 10.3 Å². The van der Waals surface area contributed by atoms with Crippen LogP contribution in [0.15, 0.2) is 48.5 Å². The highest BCUT2D eigenvalue weighted by molar-refractivity contribution is 7.22. The Kier molecular flexibility index (Phi) is 4.76. The number of halogens is 1. The topological polar surface area (TPSA) is 84.0 Å². The second-order valence-electron chi connectivity index (χ2n) is 6.86. The van der Waals surface area contributed by atoms with Gasteiger partial charge in [0.1, 0.15) is 5.82 Å². The maximum absolute atomic E-state index is 13.0. The Hall–Kier alpha value is -3.17. The van der Waals surface area contributed by atoms with Gasteiger partial charge in [-0.3, -0.25) is 14.9 Å². The van der Waals surface area contributed by atoms with Crippen LogP contribution in [-0.4, -0.2) is 21.8 Å². The molecule has 0 aliphatic heterocycles. The number of nitrogens with one attached hydrogen (secondary N) is 2. The summed E-state index contributed by atoms with van der Waals surface area (Å²) in [4.78, 5) is 35.1. The molecular weight excluding hydrogens is 423 g/mol. The number of rotatable bonds is 4. The summed E-state index contributed by atoms with van der Waals surface area (Å²) in [5.41, 5.74) is 1.90. The van der Waals surface area contributed by atoms with Gasteiger partial charge in [-0.25, -0.2) is 14.4 Å². The first kappa shape index (κ1) is 18.8. The Balaban J connectivity index is 1.30. The summed E-state index contributed by atoms with van der Waals surface area (Å²) in [6, 6.07) is 13.0. The fourth-order valence-corrected chi connectivity index (χ4v) is 5.33. The maximum Gasteiger partial charge on any atom is 0.257 e. The lowest BCUT2D eigenvalue weighted by molar-refractivity contribution is -0.117. The number of para-hydroxylation sites is 1. The number of aryl methyl sites for hydroxylation is 1. The predicted molar refractivity (Wildman–Crippen MR) is 116 cm³/mol. The monoisotopic (exact) mass is 438 g/mol. The second-order valence-corrected chi connectivity index (χ2v) is 8.97. The fraction of sp³-hybridized carbons (Fsp3) is 0.143. The number of hydrogen-bond donors (Lipinski definition) is 2. The molecule has 5 rings (SSSR count). The van der Waals surface area contributed by atoms with Gasteiger partial charge in [0.25, 0.3) is 5.91 Å². The third kappa shape index (κ3) is 3.57. The number of anilines is 2. The zero-order chi connectivity index (χ0) is 20.7. The van der Waals surface area contributed by atoms with Crippen LogP contribution < -0.4 is 10.6 Å². The first-order chi connectivity index (χ1) is 14.6. The first-order valence-electron chi connectivity index (χ1n) is 9.30. The van der Waals surface area contributed by atoms with Crippen molar-refractivity contribution in [3.63, 3.8) is 0 Å². The SMILES string of the molecule is O=C(Nc1nc2c(s1)CCC2C(=O)Nc1nc2ccccc2s1)c1ccc(F)cc1. The van der Waals surface area contributed by atoms with Crippen molar-refractivity contribution < 1.29 is 14.0 Å². The smallest absolute Gasteiger partial charge is 0.257 e. The average Bonchev–Trinajstić information content (AvgIpc) is 3.41. The van der Waals surface area contributed by atoms with Crippen molar-refractivity contribution in [3.05, 3.63) is 70.5 Å². The molecular formula is C21H15FN4O2S2. The summed E-state index contributed by atoms with van der Waals surface area (Å²) in [5, 5.41) is 6.65. The summed E-state index contributed by atoms with van der Waals surface area (Å²) in [6.45, 7) is 0. The standard InChI is InChI=1S/C21H15FN4O2S2/c22-12-7-5-11(6-8-12)18(27)25-21-24-17-13(9-10-16(17)30-21)19(28)26-20-23-14-3-1-2-4-15(14)29-20/h1-8,13H,9-10H2,(H,23,26,28)(H,24,25,27). The van der Waals surface area contributed by atoms with Crippen LogP contribution >= 0.6 is 22.7 Å². The van der Waals surface area contributed by atoms with E-state index >= 15 is 0 Å². The molecule has 0 bridgehead atoms. The molecule has 0 radical (unpaired) electrons. The van der Waals surface area contributed by atoms with Gasteiger partial charge in [-0.1, -0.05) is 23.5 Å². The molecule has 2 amide bonds. The Bertz CT molecular complexity index is 1230. The molecule has 4 aromatic rings. The van der Waals surface area contributed by atoms with Gasteiger partial charge in [0, 0.05) is 10.4 Å². The number of carbonyl (C=O) groups excluding carboxylic acids is 2. The number of carbonyl (C=O) groups is 2. The van der Waals surface area contributed by atoms with Gasteiger partial charge in [0.2, 0.25) is 5.91 Å². The number of fused-ring (bicyclic) bond motifs is 2. The molecule has 150 valence electrons. The van der Waals surface area contributed by atoms with E-state index in [4.69, 9.17) is 0 Å². The molecule has 0 fully saturated rings. The minimum atomic E-state index is -0.401. The van der Waals surface area contributed by atoms with Crippen molar-refractivity contribution in [1.82, 2.24) is 9.97 Å². The highest BCUT2D eigenvalue weighted by Crippen LogP contribution is 2.39. The average molecular weight is 439 g/mol. The van der Waals surface area contributed by atoms with Crippen molar-refractivity contribution in [2.45, 2.75) is 18.8 Å². The normalized spacial score (nSPS) is 15.2. The molecule has 6 nitrogen and oxygen atoms in total. The molecule has 9 heteroatoms. The quantitative estimate of drug-likeness (QED) is 0.479. The number of hydrogen-bond acceptors (Lipinski definition) is 6. The number of nitrogens with zero attached hydrogens (tertiary/aromatic N) is 2. The predicted octanol–water partition coefficient (Wildman–Crippen LogP) is 4.81. The van der Waals surface area contributed by atoms with Crippen molar-refractivity contribution >= 4 is 55.0 Å². The van der Waals surface area contributed by atoms with Gasteiger partial charge in [-0.2, -0.15) is 0 Å². The van der Waals surface area contributed by atoms with Crippen LogP contribution in [0.1, 0.15) is 33.3 Å². The van der Waals surface area contributed by atoms with Gasteiger partial charge in [-0.15, -0.1) is 11.3 Å². The first-order valence-corrected chi connectivity index (χ1v) is 10.9. The zero-order valence-electron chi connectivity index (χ0n) is 15.5. The van der Waals surface area contributed by atoms with E-state index < -0.39 is 5.82 Å². The summed E-state index contributed by atoms with van der Waals surface area (Å²) in [6.07, 6.45) is 1.41. The molecule has 2 aromatic heterocycles. The summed E-state index contributed by atoms with van der Waals surface area (Å²) < 4.78 is 14.1. The van der Waals surface area contributed by atoms with Crippen LogP contribution in [0.25, 0.3) is 10.2 Å². The van der Waals surface area contributed by atoms with E-state index in [1.165, 1.54) is 46.9 Å². The molecule has 30 heavy (non-hydrogen) atoms. The van der Waals surface area contributed by atoms with Crippen LogP contribution in [0.3, 0.4) is 0 Å². The summed E-state index contributed by atoms with van der Waals surface area (Å²) >= 11 is 2.80. The van der Waals surface area contributed by atoms with Crippen molar-refractivity contribution in [2.75, 3.05) is 10.6 Å². The van der Waals surface area contributed by atoms with Crippen LogP contribution in [0, 0.1) is 5.82 Å². The van der Waals surface area contributed by atoms with Crippen molar-refractivity contribution in [2.24, 2.45) is 0 Å². The third-order valence-corrected chi connectivity index (χ3v) is 6.88. The van der Waals surface area contributed by atoms with E-state index in [-0.39, 0.29) is 17.7 Å². The molecule has 2 N–H and O–H groups in total. The molecule has 0 saturated heterocycles. The molecule has 1 unspecified atom stereocenters. The molecule has 0 saturated carbocycles. The Morgan fingerprint density at radius 2 is 1.73 bits per heavy atom. The van der Waals surface area contributed by atoms with Crippen LogP contribution in [0.5, 0.6) is 0 Å². The Labute approximate surface area is 178 Å². The van der Waals surface area contributed by atoms with Crippen molar-refractivity contribution in [3.8, 4) is 0 Å². The van der Waals surface area contributed by atoms with E-state index in [1.807, 2.05) is 24.3 Å². The minimum absolute atomic E-state index is 0.144. The molecule has 1 atom stereocenters. The van der Waals surface area contributed by atoms with E-state index in [9.17, 15) is 14.0 Å². The van der Waals surface area contributed by atoms with Crippen LogP contribution in [0.4, 0.5) is 14.7 Å². The van der Waals surface area contributed by atoms with Gasteiger partial charge in [-0.05, 0) is 49.2 Å². The van der Waals surface area contributed by atoms with E-state index in [1.54, 1.807) is 0 Å². The van der Waals surface area contributed by atoms with E-state index in [0.717, 1.165) is 21.5 Å². The van der Waals surface area contributed by atoms with Crippen LogP contribution in [-0.2, 0) is 11.2 Å². The second kappa shape index (κ2) is 7.58. The summed E-state index contributed by atoms with van der Waals surface area (Å²) in [5.74, 6) is -1.28. The maximum atomic E-state index is 13.0. The minimum Gasteiger partial charge on any atom is -0.301 e. The number of amides is 2. The fourth-order valence-electron chi connectivity index (χ4n) is 3.42. The number of thiazole rings is 2. The highest BCUT2D eigenvalue weighted by atomic mass is 32.1. The third-order valence-electron chi connectivity index (χ3n) is 4.89. The zero-order valence-corrected chi connectivity index (χ0v) is 17.1. The number of aromatic nitrogens is 2. The molecule has 0 spiro atoms. The summed E-state index contributed by atoms with van der Waals surface area (Å²) in [7, 11) is 0.